The Morgan fingerprint density at radius 2 is 1.37 bits per heavy atom. The number of benzene rings is 1. The molecule has 0 saturated carbocycles. The Hall–Kier alpha value is -0.480. The van der Waals surface area contributed by atoms with Crippen molar-refractivity contribution in [2.24, 2.45) is 0 Å². The molecule has 0 saturated heterocycles. The van der Waals surface area contributed by atoms with Crippen molar-refractivity contribution in [3.63, 3.8) is 0 Å². The predicted octanol–water partition coefficient (Wildman–Crippen LogP) is 4.05. The van der Waals surface area contributed by atoms with Gasteiger partial charge in [-0.05, 0) is 74.7 Å². The highest BCUT2D eigenvalue weighted by atomic mass is 127. The SMILES string of the molecule is C=C(C)C(=O)OCCOCc1c(I)c(NC(C)=O)c(I)c(NC(C)=O)c1I. The lowest BCUT2D eigenvalue weighted by molar-refractivity contribution is -0.140. The molecule has 7 nitrogen and oxygen atoms in total. The maximum absolute atomic E-state index is 11.6. The van der Waals surface area contributed by atoms with E-state index in [0.717, 1.165) is 16.3 Å². The van der Waals surface area contributed by atoms with Crippen LogP contribution in [0.3, 0.4) is 0 Å². The van der Waals surface area contributed by atoms with Crippen LogP contribution < -0.4 is 10.6 Å². The van der Waals surface area contributed by atoms with Gasteiger partial charge in [-0.3, -0.25) is 9.59 Å². The second-order valence-electron chi connectivity index (χ2n) is 5.50. The molecule has 10 heteroatoms. The van der Waals surface area contributed by atoms with Crippen molar-refractivity contribution < 1.29 is 23.9 Å². The Bertz CT molecular complexity index is 737. The van der Waals surface area contributed by atoms with E-state index >= 15 is 0 Å². The van der Waals surface area contributed by atoms with Gasteiger partial charge in [-0.25, -0.2) is 4.79 Å². The summed E-state index contributed by atoms with van der Waals surface area (Å²) in [6.45, 7) is 8.49. The molecule has 148 valence electrons. The molecule has 1 aromatic carbocycles. The van der Waals surface area contributed by atoms with Gasteiger partial charge in [0.05, 0.1) is 28.2 Å². The van der Waals surface area contributed by atoms with Crippen LogP contribution in [0.5, 0.6) is 0 Å². The first-order valence-corrected chi connectivity index (χ1v) is 10.9. The number of rotatable bonds is 8. The third kappa shape index (κ3) is 7.45. The number of esters is 1. The summed E-state index contributed by atoms with van der Waals surface area (Å²) in [4.78, 5) is 34.5. The van der Waals surface area contributed by atoms with E-state index in [0.29, 0.717) is 16.9 Å². The maximum Gasteiger partial charge on any atom is 0.333 e. The monoisotopic (exact) mass is 712 g/mol. The molecule has 0 aliphatic carbocycles. The molecule has 0 fully saturated rings. The van der Waals surface area contributed by atoms with E-state index in [1.165, 1.54) is 13.8 Å². The third-order valence-electron chi connectivity index (χ3n) is 3.07. The second-order valence-corrected chi connectivity index (χ2v) is 8.74. The first-order chi connectivity index (χ1) is 12.6. The summed E-state index contributed by atoms with van der Waals surface area (Å²) >= 11 is 6.38. The summed E-state index contributed by atoms with van der Waals surface area (Å²) in [6, 6.07) is 0. The van der Waals surface area contributed by atoms with Crippen molar-refractivity contribution in [2.45, 2.75) is 27.4 Å². The largest absolute Gasteiger partial charge is 0.460 e. The summed E-state index contributed by atoms with van der Waals surface area (Å²) in [5.74, 6) is -0.878. The second kappa shape index (κ2) is 11.5. The van der Waals surface area contributed by atoms with Crippen LogP contribution in [-0.2, 0) is 30.5 Å². The molecule has 0 aromatic heterocycles. The minimum absolute atomic E-state index is 0.111. The minimum atomic E-state index is -0.460. The maximum atomic E-state index is 11.6. The molecular weight excluding hydrogens is 693 g/mol. The highest BCUT2D eigenvalue weighted by Gasteiger charge is 2.21. The lowest BCUT2D eigenvalue weighted by Crippen LogP contribution is -2.17. The van der Waals surface area contributed by atoms with Gasteiger partial charge in [0.2, 0.25) is 11.8 Å². The molecule has 0 heterocycles. The summed E-state index contributed by atoms with van der Waals surface area (Å²) in [7, 11) is 0. The van der Waals surface area contributed by atoms with Crippen LogP contribution in [0.4, 0.5) is 11.4 Å². The van der Waals surface area contributed by atoms with E-state index in [-0.39, 0.29) is 31.6 Å². The number of anilines is 2. The molecule has 0 spiro atoms. The van der Waals surface area contributed by atoms with Crippen molar-refractivity contribution in [2.75, 3.05) is 23.8 Å². The lowest BCUT2D eigenvalue weighted by atomic mass is 10.1. The van der Waals surface area contributed by atoms with Gasteiger partial charge in [0, 0.05) is 32.1 Å². The number of nitrogens with one attached hydrogen (secondary N) is 2. The van der Waals surface area contributed by atoms with Crippen molar-refractivity contribution in [3.8, 4) is 0 Å². The standard InChI is InChI=1S/C17H19I3N2O5/c1-8(2)17(25)27-6-5-26-7-11-12(18)15(21-9(3)23)14(20)16(13(11)19)22-10(4)24/h1,5-7H2,2-4H3,(H,21,23)(H,22,24). The van der Waals surface area contributed by atoms with Crippen LogP contribution in [-0.4, -0.2) is 31.0 Å². The zero-order valence-electron chi connectivity index (χ0n) is 15.0. The van der Waals surface area contributed by atoms with Gasteiger partial charge < -0.3 is 20.1 Å². The first-order valence-electron chi connectivity index (χ1n) is 7.71. The van der Waals surface area contributed by atoms with Gasteiger partial charge in [-0.1, -0.05) is 6.58 Å². The van der Waals surface area contributed by atoms with Crippen LogP contribution in [0.15, 0.2) is 12.2 Å². The molecule has 0 unspecified atom stereocenters. The van der Waals surface area contributed by atoms with Crippen LogP contribution in [0.2, 0.25) is 0 Å². The number of carbonyl (C=O) groups excluding carboxylic acids is 3. The Balaban J connectivity index is 3.03. The fourth-order valence-electron chi connectivity index (χ4n) is 1.90. The number of amides is 2. The summed E-state index contributed by atoms with van der Waals surface area (Å²) in [5, 5.41) is 5.62. The molecule has 2 N–H and O–H groups in total. The molecule has 0 atom stereocenters. The van der Waals surface area contributed by atoms with Crippen molar-refractivity contribution in [1.29, 1.82) is 0 Å². The zero-order chi connectivity index (χ0) is 20.7. The van der Waals surface area contributed by atoms with E-state index in [1.807, 2.05) is 0 Å². The highest BCUT2D eigenvalue weighted by molar-refractivity contribution is 14.1. The summed E-state index contributed by atoms with van der Waals surface area (Å²) in [6.07, 6.45) is 0. The van der Waals surface area contributed by atoms with Crippen molar-refractivity contribution in [3.05, 3.63) is 28.4 Å². The molecule has 0 aliphatic rings. The topological polar surface area (TPSA) is 93.7 Å². The molecule has 0 bridgehead atoms. The van der Waals surface area contributed by atoms with E-state index < -0.39 is 5.97 Å². The van der Waals surface area contributed by atoms with Gasteiger partial charge in [0.15, 0.2) is 0 Å². The minimum Gasteiger partial charge on any atom is -0.460 e. The van der Waals surface area contributed by atoms with Crippen LogP contribution in [0, 0.1) is 10.7 Å². The summed E-state index contributed by atoms with van der Waals surface area (Å²) < 4.78 is 13.0. The molecular formula is C17H19I3N2O5. The molecule has 0 radical (unpaired) electrons. The molecule has 1 aromatic rings. The fourth-order valence-corrected chi connectivity index (χ4v) is 5.92. The summed E-state index contributed by atoms with van der Waals surface area (Å²) in [5.41, 5.74) is 2.41. The van der Waals surface area contributed by atoms with Gasteiger partial charge in [-0.2, -0.15) is 0 Å². The normalized spacial score (nSPS) is 10.3. The van der Waals surface area contributed by atoms with E-state index in [2.05, 4.69) is 85.0 Å². The van der Waals surface area contributed by atoms with Crippen LogP contribution in [0.25, 0.3) is 0 Å². The third-order valence-corrected chi connectivity index (χ3v) is 6.53. The zero-order valence-corrected chi connectivity index (χ0v) is 21.5. The fraction of sp³-hybridized carbons (Fsp3) is 0.353. The number of carbonyl (C=O) groups is 3. The Labute approximate surface area is 198 Å². The van der Waals surface area contributed by atoms with E-state index in [1.54, 1.807) is 6.92 Å². The predicted molar refractivity (Wildman–Crippen MR) is 129 cm³/mol. The first kappa shape index (κ1) is 24.6. The Kier molecular flexibility index (Phi) is 10.5. The quantitative estimate of drug-likeness (QED) is 0.184. The molecule has 2 amide bonds. The highest BCUT2D eigenvalue weighted by Crippen LogP contribution is 2.39. The lowest BCUT2D eigenvalue weighted by Gasteiger charge is -2.20. The van der Waals surface area contributed by atoms with Gasteiger partial charge in [-0.15, -0.1) is 0 Å². The number of ether oxygens (including phenoxy) is 2. The molecule has 1 rings (SSSR count). The van der Waals surface area contributed by atoms with Gasteiger partial charge >= 0.3 is 5.97 Å². The average molecular weight is 712 g/mol. The van der Waals surface area contributed by atoms with Crippen LogP contribution >= 0.6 is 67.8 Å². The van der Waals surface area contributed by atoms with E-state index in [9.17, 15) is 14.4 Å². The number of hydrogen-bond donors (Lipinski definition) is 2. The number of halogens is 3. The average Bonchev–Trinajstić information content (AvgIpc) is 2.57. The van der Waals surface area contributed by atoms with E-state index in [4.69, 9.17) is 9.47 Å². The van der Waals surface area contributed by atoms with Crippen LogP contribution in [0.1, 0.15) is 26.3 Å². The van der Waals surface area contributed by atoms with Gasteiger partial charge in [0.25, 0.3) is 0 Å². The number of hydrogen-bond acceptors (Lipinski definition) is 5. The smallest absolute Gasteiger partial charge is 0.333 e. The Morgan fingerprint density at radius 3 is 1.78 bits per heavy atom. The van der Waals surface area contributed by atoms with Crippen molar-refractivity contribution >= 4 is 96.9 Å². The Morgan fingerprint density at radius 1 is 0.889 bits per heavy atom. The van der Waals surface area contributed by atoms with Crippen molar-refractivity contribution in [1.82, 2.24) is 0 Å². The molecule has 27 heavy (non-hydrogen) atoms. The van der Waals surface area contributed by atoms with Gasteiger partial charge in [0.1, 0.15) is 6.61 Å². The molecule has 0 aliphatic heterocycles.